The van der Waals surface area contributed by atoms with Crippen LogP contribution >= 0.6 is 0 Å². The van der Waals surface area contributed by atoms with Crippen molar-refractivity contribution in [3.63, 3.8) is 0 Å². The van der Waals surface area contributed by atoms with Crippen LogP contribution in [0, 0.1) is 0 Å². The lowest BCUT2D eigenvalue weighted by Crippen LogP contribution is -2.54. The first-order valence-corrected chi connectivity index (χ1v) is 11.6. The van der Waals surface area contributed by atoms with Crippen molar-refractivity contribution in [1.82, 2.24) is 0 Å². The highest BCUT2D eigenvalue weighted by atomic mass is 16.5. The van der Waals surface area contributed by atoms with Crippen LogP contribution in [-0.2, 0) is 16.0 Å². The molecule has 35 heavy (non-hydrogen) atoms. The molecule has 184 valence electrons. The number of carbonyl (C=O) groups is 3. The first-order chi connectivity index (χ1) is 16.5. The Bertz CT molecular complexity index is 1270. The predicted molar refractivity (Wildman–Crippen MR) is 123 cm³/mol. The van der Waals surface area contributed by atoms with Crippen LogP contribution in [0.1, 0.15) is 75.6 Å². The summed E-state index contributed by atoms with van der Waals surface area (Å²) in [6, 6.07) is 5.47. The summed E-state index contributed by atoms with van der Waals surface area (Å²) in [7, 11) is 0. The van der Waals surface area contributed by atoms with Crippen LogP contribution in [0.15, 0.2) is 24.3 Å². The van der Waals surface area contributed by atoms with Gasteiger partial charge in [0.2, 0.25) is 0 Å². The summed E-state index contributed by atoms with van der Waals surface area (Å²) < 4.78 is 5.98. The third-order valence-corrected chi connectivity index (χ3v) is 7.78. The van der Waals surface area contributed by atoms with Crippen LogP contribution in [0.25, 0.3) is 0 Å². The van der Waals surface area contributed by atoms with Gasteiger partial charge in [0.15, 0.2) is 17.3 Å². The largest absolute Gasteiger partial charge is 0.507 e. The van der Waals surface area contributed by atoms with E-state index in [9.17, 15) is 34.8 Å². The molecule has 1 fully saturated rings. The highest BCUT2D eigenvalue weighted by Gasteiger charge is 2.51. The molecule has 6 atom stereocenters. The number of rotatable bonds is 2. The molecule has 0 bridgehead atoms. The number of hydrogen-bond acceptors (Lipinski definition) is 9. The molecule has 6 N–H and O–H groups in total. The van der Waals surface area contributed by atoms with E-state index in [-0.39, 0.29) is 52.6 Å². The number of ketones is 3. The Morgan fingerprint density at radius 2 is 1.66 bits per heavy atom. The number of benzene rings is 2. The van der Waals surface area contributed by atoms with Crippen molar-refractivity contribution in [1.29, 1.82) is 0 Å². The number of aliphatic hydroxyl groups excluding tert-OH is 1. The molecule has 9 heteroatoms. The standard InChI is InChI=1S/C26H27NO8/c1-10-21(29)16(27)7-17(35-10)14-8-26(34,11(2)28)9-15-18(14)25(33)20-19(24(15)32)22(30)12-5-3-4-6-13(12)23(20)31/h3-6,10,14,16-17,21,29,32-34H,7-9,27H2,1-2H3/t10-,14-,16+,17-,21+,26+/m1/s1. The predicted octanol–water partition coefficient (Wildman–Crippen LogP) is 1.09. The monoisotopic (exact) mass is 481 g/mol. The average molecular weight is 482 g/mol. The summed E-state index contributed by atoms with van der Waals surface area (Å²) in [6.07, 6.45) is -2.68. The first kappa shape index (κ1) is 23.6. The van der Waals surface area contributed by atoms with Gasteiger partial charge in [0.1, 0.15) is 17.1 Å². The highest BCUT2D eigenvalue weighted by Crippen LogP contribution is 2.53. The fourth-order valence-corrected chi connectivity index (χ4v) is 5.80. The van der Waals surface area contributed by atoms with Crippen molar-refractivity contribution in [2.75, 3.05) is 0 Å². The molecule has 0 amide bonds. The number of phenols is 2. The van der Waals surface area contributed by atoms with Crippen LogP contribution in [0.4, 0.5) is 0 Å². The van der Waals surface area contributed by atoms with E-state index in [2.05, 4.69) is 0 Å². The maximum Gasteiger partial charge on any atom is 0.198 e. The molecule has 0 unspecified atom stereocenters. The van der Waals surface area contributed by atoms with E-state index in [0.29, 0.717) is 0 Å². The van der Waals surface area contributed by atoms with Gasteiger partial charge in [-0.15, -0.1) is 0 Å². The average Bonchev–Trinajstić information content (AvgIpc) is 2.82. The van der Waals surface area contributed by atoms with Crippen LogP contribution in [0.2, 0.25) is 0 Å². The number of ether oxygens (including phenoxy) is 1. The van der Waals surface area contributed by atoms with Gasteiger partial charge in [0.05, 0.1) is 29.4 Å². The summed E-state index contributed by atoms with van der Waals surface area (Å²) in [5.41, 5.74) is 3.93. The van der Waals surface area contributed by atoms with Gasteiger partial charge in [0.25, 0.3) is 0 Å². The van der Waals surface area contributed by atoms with Gasteiger partial charge < -0.3 is 30.9 Å². The highest BCUT2D eigenvalue weighted by molar-refractivity contribution is 6.30. The molecule has 2 aromatic carbocycles. The molecule has 1 heterocycles. The van der Waals surface area contributed by atoms with Gasteiger partial charge in [-0.1, -0.05) is 24.3 Å². The molecule has 5 rings (SSSR count). The number of fused-ring (bicyclic) bond motifs is 3. The number of aliphatic hydroxyl groups is 2. The number of aromatic hydroxyl groups is 2. The van der Waals surface area contributed by atoms with E-state index in [4.69, 9.17) is 10.5 Å². The SMILES string of the molecule is CC(=O)[C@@]1(O)Cc2c(O)c3c(c(O)c2[C@@H]([C@H]2C[C@H](N)[C@@H](O)[C@@H](C)O2)C1)C(=O)c1ccccc1C3=O. The second kappa shape index (κ2) is 7.96. The summed E-state index contributed by atoms with van der Waals surface area (Å²) in [5, 5.41) is 44.2. The van der Waals surface area contributed by atoms with Crippen molar-refractivity contribution in [3.8, 4) is 11.5 Å². The van der Waals surface area contributed by atoms with E-state index >= 15 is 0 Å². The molecule has 1 aliphatic heterocycles. The van der Waals surface area contributed by atoms with Crippen molar-refractivity contribution < 1.29 is 39.5 Å². The van der Waals surface area contributed by atoms with Crippen LogP contribution in [0.5, 0.6) is 11.5 Å². The van der Waals surface area contributed by atoms with Gasteiger partial charge in [-0.05, 0) is 26.7 Å². The Kier molecular flexibility index (Phi) is 5.37. The van der Waals surface area contributed by atoms with Gasteiger partial charge in [0, 0.05) is 40.6 Å². The smallest absolute Gasteiger partial charge is 0.198 e. The van der Waals surface area contributed by atoms with E-state index in [0.717, 1.165) is 0 Å². The minimum absolute atomic E-state index is 0.0201. The topological polar surface area (TPSA) is 167 Å². The quantitative estimate of drug-likeness (QED) is 0.337. The number of nitrogens with two attached hydrogens (primary N) is 1. The lowest BCUT2D eigenvalue weighted by Gasteiger charge is -2.45. The molecule has 2 aliphatic carbocycles. The second-order valence-corrected chi connectivity index (χ2v) is 9.89. The molecule has 0 saturated carbocycles. The molecule has 0 spiro atoms. The zero-order chi connectivity index (χ0) is 25.4. The van der Waals surface area contributed by atoms with Crippen molar-refractivity contribution in [3.05, 3.63) is 57.6 Å². The Morgan fingerprint density at radius 1 is 1.09 bits per heavy atom. The normalized spacial score (nSPS) is 32.0. The van der Waals surface area contributed by atoms with E-state index < -0.39 is 64.7 Å². The fraction of sp³-hybridized carbons (Fsp3) is 0.423. The number of phenolic OH excluding ortho intramolecular Hbond substituents is 2. The molecule has 3 aliphatic rings. The van der Waals surface area contributed by atoms with Gasteiger partial charge in [-0.3, -0.25) is 14.4 Å². The Balaban J connectivity index is 1.75. The summed E-state index contributed by atoms with van der Waals surface area (Å²) in [6.45, 7) is 2.86. The molecule has 1 saturated heterocycles. The Morgan fingerprint density at radius 3 is 2.20 bits per heavy atom. The minimum atomic E-state index is -1.90. The van der Waals surface area contributed by atoms with Crippen LogP contribution in [0.3, 0.4) is 0 Å². The molecule has 0 radical (unpaired) electrons. The Labute approximate surface area is 201 Å². The fourth-order valence-electron chi connectivity index (χ4n) is 5.80. The lowest BCUT2D eigenvalue weighted by atomic mass is 9.66. The maximum atomic E-state index is 13.4. The number of hydrogen-bond donors (Lipinski definition) is 5. The van der Waals surface area contributed by atoms with Crippen molar-refractivity contribution >= 4 is 17.3 Å². The lowest BCUT2D eigenvalue weighted by molar-refractivity contribution is -0.146. The molecule has 0 aromatic heterocycles. The van der Waals surface area contributed by atoms with Gasteiger partial charge >= 0.3 is 0 Å². The van der Waals surface area contributed by atoms with Crippen LogP contribution < -0.4 is 5.73 Å². The summed E-state index contributed by atoms with van der Waals surface area (Å²) in [4.78, 5) is 39.1. The third-order valence-electron chi connectivity index (χ3n) is 7.78. The van der Waals surface area contributed by atoms with E-state index in [1.165, 1.54) is 19.1 Å². The zero-order valence-corrected chi connectivity index (χ0v) is 19.3. The van der Waals surface area contributed by atoms with Crippen molar-refractivity contribution in [2.24, 2.45) is 5.73 Å². The van der Waals surface area contributed by atoms with Crippen molar-refractivity contribution in [2.45, 2.75) is 69.0 Å². The van der Waals surface area contributed by atoms with E-state index in [1.54, 1.807) is 19.1 Å². The Hall–Kier alpha value is -3.11. The summed E-state index contributed by atoms with van der Waals surface area (Å²) in [5.74, 6) is -3.66. The number of Topliss-reactive ketones (excluding diaryl/α,β-unsaturated/α-hetero) is 1. The minimum Gasteiger partial charge on any atom is -0.507 e. The molecular weight excluding hydrogens is 454 g/mol. The van der Waals surface area contributed by atoms with Gasteiger partial charge in [-0.2, -0.15) is 0 Å². The first-order valence-electron chi connectivity index (χ1n) is 11.6. The molecular formula is C26H27NO8. The van der Waals surface area contributed by atoms with E-state index in [1.807, 2.05) is 0 Å². The maximum absolute atomic E-state index is 13.4. The third kappa shape index (κ3) is 3.34. The second-order valence-electron chi connectivity index (χ2n) is 9.89. The number of carbonyl (C=O) groups excluding carboxylic acids is 3. The summed E-state index contributed by atoms with van der Waals surface area (Å²) >= 11 is 0. The zero-order valence-electron chi connectivity index (χ0n) is 19.3. The van der Waals surface area contributed by atoms with Crippen LogP contribution in [-0.4, -0.2) is 67.7 Å². The molecule has 9 nitrogen and oxygen atoms in total. The van der Waals surface area contributed by atoms with Gasteiger partial charge in [-0.25, -0.2) is 0 Å². The molecule has 2 aromatic rings.